The highest BCUT2D eigenvalue weighted by Gasteiger charge is 2.33. The second kappa shape index (κ2) is 6.21. The van der Waals surface area contributed by atoms with Crippen LogP contribution in [0.15, 0.2) is 60.8 Å². The quantitative estimate of drug-likeness (QED) is 0.936. The van der Waals surface area contributed by atoms with Crippen molar-refractivity contribution in [3.05, 3.63) is 66.4 Å². The Morgan fingerprint density at radius 3 is 2.58 bits per heavy atom. The number of benzene rings is 2. The first-order valence-electron chi connectivity index (χ1n) is 7.87. The number of allylic oxidation sites excluding steroid dienone is 2. The van der Waals surface area contributed by atoms with Gasteiger partial charge in [-0.1, -0.05) is 36.4 Å². The highest BCUT2D eigenvalue weighted by atomic mass is 16.2. The first-order valence-corrected chi connectivity index (χ1v) is 7.87. The number of hydrogen-bond acceptors (Lipinski definition) is 3. The normalized spacial score (nSPS) is 13.8. The van der Waals surface area contributed by atoms with E-state index in [0.29, 0.717) is 12.1 Å². The van der Waals surface area contributed by atoms with Crippen LogP contribution in [0, 0.1) is 11.3 Å². The van der Waals surface area contributed by atoms with Crippen LogP contribution >= 0.6 is 0 Å². The average molecular weight is 317 g/mol. The van der Waals surface area contributed by atoms with Crippen molar-refractivity contribution >= 4 is 22.4 Å². The van der Waals surface area contributed by atoms with Gasteiger partial charge in [-0.05, 0) is 32.1 Å². The molecule has 2 aromatic carbocycles. The van der Waals surface area contributed by atoms with Gasteiger partial charge in [0.05, 0.1) is 11.6 Å². The molecule has 1 aliphatic rings. The van der Waals surface area contributed by atoms with Crippen LogP contribution in [0.2, 0.25) is 0 Å². The van der Waals surface area contributed by atoms with Crippen LogP contribution in [0.1, 0.15) is 19.4 Å². The van der Waals surface area contributed by atoms with Crippen molar-refractivity contribution in [3.63, 3.8) is 0 Å². The zero-order chi connectivity index (χ0) is 17.2. The second-order valence-electron chi connectivity index (χ2n) is 6.25. The molecule has 3 rings (SSSR count). The smallest absolute Gasteiger partial charge is 0.249 e. The number of hydrogen-bond donors (Lipinski definition) is 1. The van der Waals surface area contributed by atoms with Crippen molar-refractivity contribution in [1.29, 1.82) is 5.26 Å². The number of carbonyl (C=O) groups is 1. The van der Waals surface area contributed by atoms with Crippen LogP contribution < -0.4 is 5.32 Å². The fraction of sp³-hybridized carbons (Fsp3) is 0.200. The van der Waals surface area contributed by atoms with Crippen LogP contribution in [-0.4, -0.2) is 22.9 Å². The van der Waals surface area contributed by atoms with Gasteiger partial charge in [0.25, 0.3) is 0 Å². The molecule has 0 bridgehead atoms. The van der Waals surface area contributed by atoms with Crippen LogP contribution in [0.3, 0.4) is 0 Å². The van der Waals surface area contributed by atoms with E-state index >= 15 is 0 Å². The molecule has 0 spiro atoms. The third-order valence-electron chi connectivity index (χ3n) is 4.38. The van der Waals surface area contributed by atoms with E-state index in [1.54, 1.807) is 12.1 Å². The maximum atomic E-state index is 12.9. The summed E-state index contributed by atoms with van der Waals surface area (Å²) < 4.78 is 0. The fourth-order valence-electron chi connectivity index (χ4n) is 2.79. The van der Waals surface area contributed by atoms with Crippen molar-refractivity contribution in [3.8, 4) is 6.07 Å². The number of fused-ring (bicyclic) bond motifs is 1. The van der Waals surface area contributed by atoms with Crippen molar-refractivity contribution < 1.29 is 4.79 Å². The SMILES string of the molecule is CC(C)(C(=O)Nc1ccc(C#N)c2ccccc12)N1C=CC=CC1. The largest absolute Gasteiger partial charge is 0.360 e. The predicted molar refractivity (Wildman–Crippen MR) is 96.4 cm³/mol. The van der Waals surface area contributed by atoms with Crippen LogP contribution in [0.5, 0.6) is 0 Å². The van der Waals surface area contributed by atoms with Crippen LogP contribution in [0.25, 0.3) is 10.8 Å². The van der Waals surface area contributed by atoms with Crippen molar-refractivity contribution in [2.75, 3.05) is 11.9 Å². The first kappa shape index (κ1) is 15.8. The molecule has 0 radical (unpaired) electrons. The van der Waals surface area contributed by atoms with Crippen molar-refractivity contribution in [1.82, 2.24) is 4.90 Å². The standard InChI is InChI=1S/C20H19N3O/c1-20(2,23-12-6-3-7-13-23)19(24)22-18-11-10-15(14-21)16-8-4-5-9-17(16)18/h3-12H,13H2,1-2H3,(H,22,24). The lowest BCUT2D eigenvalue weighted by atomic mass is 9.99. The number of nitrogens with one attached hydrogen (secondary N) is 1. The Kier molecular flexibility index (Phi) is 4.09. The molecule has 0 saturated carbocycles. The molecule has 24 heavy (non-hydrogen) atoms. The molecule has 2 aromatic rings. The maximum Gasteiger partial charge on any atom is 0.249 e. The lowest BCUT2D eigenvalue weighted by Gasteiger charge is -2.36. The highest BCUT2D eigenvalue weighted by Crippen LogP contribution is 2.28. The fourth-order valence-corrected chi connectivity index (χ4v) is 2.79. The van der Waals surface area contributed by atoms with Gasteiger partial charge in [0.15, 0.2) is 0 Å². The Labute approximate surface area is 141 Å². The molecular weight excluding hydrogens is 298 g/mol. The molecule has 1 N–H and O–H groups in total. The lowest BCUT2D eigenvalue weighted by Crippen LogP contribution is -2.50. The number of amides is 1. The van der Waals surface area contributed by atoms with E-state index < -0.39 is 5.54 Å². The Morgan fingerprint density at radius 1 is 1.17 bits per heavy atom. The zero-order valence-corrected chi connectivity index (χ0v) is 13.8. The molecule has 1 heterocycles. The third-order valence-corrected chi connectivity index (χ3v) is 4.38. The summed E-state index contributed by atoms with van der Waals surface area (Å²) >= 11 is 0. The summed E-state index contributed by atoms with van der Waals surface area (Å²) in [7, 11) is 0. The van der Waals surface area contributed by atoms with Gasteiger partial charge in [-0.3, -0.25) is 4.79 Å². The number of nitrogens with zero attached hydrogens (tertiary/aromatic N) is 2. The molecule has 0 aromatic heterocycles. The zero-order valence-electron chi connectivity index (χ0n) is 13.8. The molecule has 120 valence electrons. The van der Waals surface area contributed by atoms with E-state index in [2.05, 4.69) is 11.4 Å². The Morgan fingerprint density at radius 2 is 1.92 bits per heavy atom. The molecule has 0 fully saturated rings. The highest BCUT2D eigenvalue weighted by molar-refractivity contribution is 6.06. The molecule has 0 saturated heterocycles. The number of nitriles is 1. The topological polar surface area (TPSA) is 56.1 Å². The molecule has 1 aliphatic heterocycles. The monoisotopic (exact) mass is 317 g/mol. The Balaban J connectivity index is 1.93. The third kappa shape index (κ3) is 2.77. The predicted octanol–water partition coefficient (Wildman–Crippen LogP) is 3.81. The summed E-state index contributed by atoms with van der Waals surface area (Å²) in [5, 5.41) is 14.0. The molecule has 0 atom stereocenters. The van der Waals surface area contributed by atoms with E-state index in [0.717, 1.165) is 16.5 Å². The second-order valence-corrected chi connectivity index (χ2v) is 6.25. The van der Waals surface area contributed by atoms with Gasteiger partial charge in [-0.25, -0.2) is 0 Å². The molecule has 0 aliphatic carbocycles. The molecule has 1 amide bonds. The summed E-state index contributed by atoms with van der Waals surface area (Å²) in [6.45, 7) is 4.50. The van der Waals surface area contributed by atoms with E-state index in [-0.39, 0.29) is 5.91 Å². The Hall–Kier alpha value is -3.06. The minimum absolute atomic E-state index is 0.0858. The number of carbonyl (C=O) groups excluding carboxylic acids is 1. The lowest BCUT2D eigenvalue weighted by molar-refractivity contribution is -0.124. The maximum absolute atomic E-state index is 12.9. The van der Waals surface area contributed by atoms with Crippen molar-refractivity contribution in [2.24, 2.45) is 0 Å². The summed E-state index contributed by atoms with van der Waals surface area (Å²) in [6, 6.07) is 13.3. The van der Waals surface area contributed by atoms with Crippen LogP contribution in [0.4, 0.5) is 5.69 Å². The number of anilines is 1. The van der Waals surface area contributed by atoms with E-state index in [4.69, 9.17) is 0 Å². The first-order chi connectivity index (χ1) is 11.5. The van der Waals surface area contributed by atoms with Gasteiger partial charge < -0.3 is 10.2 Å². The summed E-state index contributed by atoms with van der Waals surface area (Å²) in [4.78, 5) is 14.9. The van der Waals surface area contributed by atoms with Gasteiger partial charge in [-0.2, -0.15) is 5.26 Å². The van der Waals surface area contributed by atoms with E-state index in [9.17, 15) is 10.1 Å². The van der Waals surface area contributed by atoms with Crippen molar-refractivity contribution in [2.45, 2.75) is 19.4 Å². The van der Waals surface area contributed by atoms with Gasteiger partial charge >= 0.3 is 0 Å². The molecule has 4 heteroatoms. The molecule has 4 nitrogen and oxygen atoms in total. The minimum Gasteiger partial charge on any atom is -0.360 e. The average Bonchev–Trinajstić information content (AvgIpc) is 2.62. The summed E-state index contributed by atoms with van der Waals surface area (Å²) in [6.07, 6.45) is 7.84. The molecular formula is C20H19N3O. The van der Waals surface area contributed by atoms with Gasteiger partial charge in [-0.15, -0.1) is 0 Å². The van der Waals surface area contributed by atoms with Gasteiger partial charge in [0, 0.05) is 29.2 Å². The Bertz CT molecular complexity index is 887. The summed E-state index contributed by atoms with van der Waals surface area (Å²) in [5.74, 6) is -0.0858. The molecule has 0 unspecified atom stereocenters. The summed E-state index contributed by atoms with van der Waals surface area (Å²) in [5.41, 5.74) is 0.641. The van der Waals surface area contributed by atoms with E-state index in [1.807, 2.05) is 67.4 Å². The van der Waals surface area contributed by atoms with Crippen LogP contribution in [-0.2, 0) is 4.79 Å². The van der Waals surface area contributed by atoms with E-state index in [1.165, 1.54) is 0 Å². The minimum atomic E-state index is -0.684. The number of rotatable bonds is 3. The van der Waals surface area contributed by atoms with Gasteiger partial charge in [0.2, 0.25) is 5.91 Å². The van der Waals surface area contributed by atoms with Gasteiger partial charge in [0.1, 0.15) is 5.54 Å².